The smallest absolute Gasteiger partial charge is 0.124 e. The minimum atomic E-state index is 0.0984. The fourth-order valence-electron chi connectivity index (χ4n) is 1.78. The summed E-state index contributed by atoms with van der Waals surface area (Å²) in [5.41, 5.74) is 7.20. The number of hydrogen-bond acceptors (Lipinski definition) is 2. The second-order valence-corrected chi connectivity index (χ2v) is 4.22. The molecule has 1 aromatic carbocycles. The van der Waals surface area contributed by atoms with Crippen LogP contribution >= 0.6 is 0 Å². The van der Waals surface area contributed by atoms with Gasteiger partial charge in [-0.3, -0.25) is 0 Å². The van der Waals surface area contributed by atoms with Gasteiger partial charge in [0.15, 0.2) is 0 Å². The monoisotopic (exact) mass is 205 g/mol. The minimum absolute atomic E-state index is 0.0984. The Kier molecular flexibility index (Phi) is 3.27. The van der Waals surface area contributed by atoms with Crippen LogP contribution in [0.25, 0.3) is 0 Å². The number of hydrogen-bond donors (Lipinski definition) is 1. The topological polar surface area (TPSA) is 35.2 Å². The molecule has 1 aliphatic carbocycles. The summed E-state index contributed by atoms with van der Waals surface area (Å²) in [7, 11) is 0. The van der Waals surface area contributed by atoms with Crippen LogP contribution < -0.4 is 10.5 Å². The second-order valence-electron chi connectivity index (χ2n) is 4.22. The van der Waals surface area contributed by atoms with Crippen LogP contribution in [0.3, 0.4) is 0 Å². The summed E-state index contributed by atoms with van der Waals surface area (Å²) >= 11 is 0. The normalized spacial score (nSPS) is 18.3. The molecule has 82 valence electrons. The van der Waals surface area contributed by atoms with Crippen LogP contribution in [0.2, 0.25) is 0 Å². The predicted octanol–water partition coefficient (Wildman–Crippen LogP) is 3.03. The molecule has 1 aromatic rings. The summed E-state index contributed by atoms with van der Waals surface area (Å²) in [5, 5.41) is 0. The molecule has 15 heavy (non-hydrogen) atoms. The van der Waals surface area contributed by atoms with Crippen LogP contribution in [-0.4, -0.2) is 6.10 Å². The van der Waals surface area contributed by atoms with E-state index in [1.54, 1.807) is 0 Å². The van der Waals surface area contributed by atoms with Gasteiger partial charge < -0.3 is 10.5 Å². The van der Waals surface area contributed by atoms with Gasteiger partial charge in [-0.05, 0) is 31.7 Å². The van der Waals surface area contributed by atoms with Crippen molar-refractivity contribution < 1.29 is 4.74 Å². The quantitative estimate of drug-likeness (QED) is 0.820. The van der Waals surface area contributed by atoms with Crippen LogP contribution in [0.15, 0.2) is 24.3 Å². The van der Waals surface area contributed by atoms with Crippen molar-refractivity contribution in [2.45, 2.75) is 44.8 Å². The summed E-state index contributed by atoms with van der Waals surface area (Å²) in [5.74, 6) is 0.983. The molecular formula is C13H19NO. The molecule has 1 unspecified atom stereocenters. The van der Waals surface area contributed by atoms with Crippen LogP contribution in [0.4, 0.5) is 0 Å². The molecule has 0 spiro atoms. The Balaban J connectivity index is 2.13. The van der Waals surface area contributed by atoms with E-state index in [0.29, 0.717) is 6.10 Å². The molecule has 1 aliphatic rings. The average Bonchev–Trinajstić information content (AvgIpc) is 2.23. The summed E-state index contributed by atoms with van der Waals surface area (Å²) in [6, 6.07) is 8.24. The molecule has 1 saturated carbocycles. The standard InChI is InChI=1S/C13H19NO/c1-2-12(14)11-8-3-4-9-13(11)15-10-6-5-7-10/h3-4,8-10,12H,2,5-7,14H2,1H3. The molecule has 0 saturated heterocycles. The van der Waals surface area contributed by atoms with Gasteiger partial charge in [0.05, 0.1) is 6.10 Å². The molecule has 0 amide bonds. The van der Waals surface area contributed by atoms with Crippen molar-refractivity contribution >= 4 is 0 Å². The second kappa shape index (κ2) is 4.67. The molecule has 0 aromatic heterocycles. The average molecular weight is 205 g/mol. The van der Waals surface area contributed by atoms with Crippen molar-refractivity contribution in [1.82, 2.24) is 0 Å². The van der Waals surface area contributed by atoms with E-state index in [1.807, 2.05) is 18.2 Å². The first-order chi connectivity index (χ1) is 7.31. The van der Waals surface area contributed by atoms with Crippen molar-refractivity contribution in [3.63, 3.8) is 0 Å². The highest BCUT2D eigenvalue weighted by molar-refractivity contribution is 5.35. The first-order valence-corrected chi connectivity index (χ1v) is 5.82. The van der Waals surface area contributed by atoms with Gasteiger partial charge in [0.2, 0.25) is 0 Å². The zero-order valence-electron chi connectivity index (χ0n) is 9.28. The van der Waals surface area contributed by atoms with E-state index in [-0.39, 0.29) is 6.04 Å². The van der Waals surface area contributed by atoms with E-state index in [2.05, 4.69) is 13.0 Å². The van der Waals surface area contributed by atoms with Gasteiger partial charge in [0.25, 0.3) is 0 Å². The highest BCUT2D eigenvalue weighted by Crippen LogP contribution is 2.30. The van der Waals surface area contributed by atoms with Crippen molar-refractivity contribution in [3.8, 4) is 5.75 Å². The van der Waals surface area contributed by atoms with E-state index in [0.717, 1.165) is 17.7 Å². The molecule has 0 aliphatic heterocycles. The molecule has 1 atom stereocenters. The Bertz CT molecular complexity index is 320. The zero-order valence-corrected chi connectivity index (χ0v) is 9.28. The Hall–Kier alpha value is -1.02. The molecule has 2 heteroatoms. The maximum absolute atomic E-state index is 6.05. The third kappa shape index (κ3) is 2.32. The molecule has 2 nitrogen and oxygen atoms in total. The molecule has 1 fully saturated rings. The maximum Gasteiger partial charge on any atom is 0.124 e. The molecule has 2 N–H and O–H groups in total. The molecule has 0 heterocycles. The first-order valence-electron chi connectivity index (χ1n) is 5.82. The largest absolute Gasteiger partial charge is 0.490 e. The van der Waals surface area contributed by atoms with Gasteiger partial charge in [0, 0.05) is 11.6 Å². The van der Waals surface area contributed by atoms with Crippen LogP contribution in [-0.2, 0) is 0 Å². The summed E-state index contributed by atoms with van der Waals surface area (Å²) < 4.78 is 5.92. The van der Waals surface area contributed by atoms with Gasteiger partial charge >= 0.3 is 0 Å². The molecule has 0 radical (unpaired) electrons. The number of para-hydroxylation sites is 1. The molecule has 0 bridgehead atoms. The summed E-state index contributed by atoms with van der Waals surface area (Å²) in [6.07, 6.45) is 5.05. The molecule has 2 rings (SSSR count). The summed E-state index contributed by atoms with van der Waals surface area (Å²) in [4.78, 5) is 0. The van der Waals surface area contributed by atoms with E-state index in [9.17, 15) is 0 Å². The van der Waals surface area contributed by atoms with Gasteiger partial charge in [-0.25, -0.2) is 0 Å². The highest BCUT2D eigenvalue weighted by Gasteiger charge is 2.21. The zero-order chi connectivity index (χ0) is 10.7. The van der Waals surface area contributed by atoms with Crippen molar-refractivity contribution in [2.24, 2.45) is 5.73 Å². The van der Waals surface area contributed by atoms with Crippen LogP contribution in [0.5, 0.6) is 5.75 Å². The van der Waals surface area contributed by atoms with Gasteiger partial charge in [-0.15, -0.1) is 0 Å². The SMILES string of the molecule is CCC(N)c1ccccc1OC1CCC1. The minimum Gasteiger partial charge on any atom is -0.490 e. The van der Waals surface area contributed by atoms with Gasteiger partial charge in [-0.1, -0.05) is 25.1 Å². The first kappa shape index (κ1) is 10.5. The van der Waals surface area contributed by atoms with Crippen LogP contribution in [0.1, 0.15) is 44.2 Å². The number of rotatable bonds is 4. The maximum atomic E-state index is 6.05. The third-order valence-electron chi connectivity index (χ3n) is 3.10. The predicted molar refractivity (Wildman–Crippen MR) is 61.9 cm³/mol. The lowest BCUT2D eigenvalue weighted by molar-refractivity contribution is 0.118. The number of benzene rings is 1. The number of nitrogens with two attached hydrogens (primary N) is 1. The Morgan fingerprint density at radius 1 is 1.40 bits per heavy atom. The lowest BCUT2D eigenvalue weighted by Gasteiger charge is -2.28. The van der Waals surface area contributed by atoms with E-state index in [1.165, 1.54) is 19.3 Å². The van der Waals surface area contributed by atoms with E-state index >= 15 is 0 Å². The van der Waals surface area contributed by atoms with Crippen molar-refractivity contribution in [2.75, 3.05) is 0 Å². The lowest BCUT2D eigenvalue weighted by atomic mass is 9.96. The lowest BCUT2D eigenvalue weighted by Crippen LogP contribution is -2.25. The third-order valence-corrected chi connectivity index (χ3v) is 3.10. The Labute approximate surface area is 91.4 Å². The van der Waals surface area contributed by atoms with Crippen molar-refractivity contribution in [3.05, 3.63) is 29.8 Å². The fourth-order valence-corrected chi connectivity index (χ4v) is 1.78. The van der Waals surface area contributed by atoms with E-state index in [4.69, 9.17) is 10.5 Å². The van der Waals surface area contributed by atoms with Gasteiger partial charge in [0.1, 0.15) is 5.75 Å². The highest BCUT2D eigenvalue weighted by atomic mass is 16.5. The number of ether oxygens (including phenoxy) is 1. The Morgan fingerprint density at radius 3 is 2.73 bits per heavy atom. The van der Waals surface area contributed by atoms with Crippen LogP contribution in [0, 0.1) is 0 Å². The van der Waals surface area contributed by atoms with Crippen molar-refractivity contribution in [1.29, 1.82) is 0 Å². The Morgan fingerprint density at radius 2 is 2.13 bits per heavy atom. The summed E-state index contributed by atoms with van der Waals surface area (Å²) in [6.45, 7) is 2.10. The van der Waals surface area contributed by atoms with Gasteiger partial charge in [-0.2, -0.15) is 0 Å². The molecular weight excluding hydrogens is 186 g/mol. The fraction of sp³-hybridized carbons (Fsp3) is 0.538. The van der Waals surface area contributed by atoms with E-state index < -0.39 is 0 Å².